The average molecular weight is 403 g/mol. The summed E-state index contributed by atoms with van der Waals surface area (Å²) in [7, 11) is 0. The third-order valence-electron chi connectivity index (χ3n) is 3.99. The third kappa shape index (κ3) is 3.28. The van der Waals surface area contributed by atoms with Gasteiger partial charge in [0, 0.05) is 20.7 Å². The molecule has 3 heterocycles. The first-order valence-electron chi connectivity index (χ1n) is 8.04. The third-order valence-corrected chi connectivity index (χ3v) is 6.23. The summed E-state index contributed by atoms with van der Waals surface area (Å²) in [5, 5.41) is 3.24. The molecule has 0 bridgehead atoms. The van der Waals surface area contributed by atoms with Gasteiger partial charge in [0.15, 0.2) is 0 Å². The minimum absolute atomic E-state index is 0.0416. The highest BCUT2D eigenvalue weighted by molar-refractivity contribution is 7.19. The van der Waals surface area contributed by atoms with Crippen molar-refractivity contribution in [2.75, 3.05) is 6.61 Å². The van der Waals surface area contributed by atoms with Crippen molar-refractivity contribution in [1.29, 1.82) is 0 Å². The largest absolute Gasteiger partial charge is 0.490 e. The van der Waals surface area contributed by atoms with Gasteiger partial charge in [-0.3, -0.25) is 9.36 Å². The number of halogens is 1. The quantitative estimate of drug-likeness (QED) is 0.459. The molecule has 0 fully saturated rings. The van der Waals surface area contributed by atoms with Gasteiger partial charge in [-0.1, -0.05) is 23.7 Å². The molecule has 0 spiro atoms. The fourth-order valence-corrected chi connectivity index (χ4v) is 4.76. The molecule has 132 valence electrons. The van der Waals surface area contributed by atoms with E-state index in [1.54, 1.807) is 28.3 Å². The van der Waals surface area contributed by atoms with Gasteiger partial charge >= 0.3 is 0 Å². The molecule has 0 N–H and O–H groups in total. The van der Waals surface area contributed by atoms with Gasteiger partial charge in [-0.15, -0.1) is 22.7 Å². The van der Waals surface area contributed by atoms with Crippen LogP contribution in [0.2, 0.25) is 5.02 Å². The Morgan fingerprint density at radius 2 is 2.08 bits per heavy atom. The number of aromatic nitrogens is 2. The number of aryl methyl sites for hydroxylation is 1. The van der Waals surface area contributed by atoms with Crippen LogP contribution in [0.15, 0.2) is 52.9 Å². The first-order chi connectivity index (χ1) is 12.6. The molecule has 0 amide bonds. The fourth-order valence-electron chi connectivity index (χ4n) is 2.70. The van der Waals surface area contributed by atoms with Crippen molar-refractivity contribution in [1.82, 2.24) is 9.55 Å². The summed E-state index contributed by atoms with van der Waals surface area (Å²) in [6.07, 6.45) is 1.58. The zero-order chi connectivity index (χ0) is 18.1. The Morgan fingerprint density at radius 1 is 1.23 bits per heavy atom. The van der Waals surface area contributed by atoms with Crippen LogP contribution in [0.4, 0.5) is 0 Å². The second kappa shape index (κ2) is 7.23. The van der Waals surface area contributed by atoms with E-state index < -0.39 is 0 Å². The van der Waals surface area contributed by atoms with Crippen molar-refractivity contribution < 1.29 is 4.74 Å². The summed E-state index contributed by atoms with van der Waals surface area (Å²) >= 11 is 9.27. The van der Waals surface area contributed by atoms with E-state index >= 15 is 0 Å². The predicted molar refractivity (Wildman–Crippen MR) is 109 cm³/mol. The molecule has 0 aliphatic rings. The van der Waals surface area contributed by atoms with Crippen molar-refractivity contribution in [3.05, 3.63) is 68.4 Å². The number of nitrogens with zero attached hydrogens (tertiary/aromatic N) is 2. The molecule has 0 unspecified atom stereocenters. The Balaban J connectivity index is 1.61. The maximum Gasteiger partial charge on any atom is 0.262 e. The number of hydrogen-bond acceptors (Lipinski definition) is 5. The lowest BCUT2D eigenvalue weighted by Gasteiger charge is -2.09. The SMILES string of the molecule is Cc1ccc(-c2csc3ncn(CCOc4ccccc4Cl)c(=O)c23)s1. The molecule has 1 aromatic carbocycles. The molecule has 0 atom stereocenters. The molecule has 0 aliphatic heterocycles. The number of thiophene rings is 2. The average Bonchev–Trinajstić information content (AvgIpc) is 3.25. The van der Waals surface area contributed by atoms with E-state index in [1.807, 2.05) is 23.6 Å². The zero-order valence-electron chi connectivity index (χ0n) is 13.9. The predicted octanol–water partition coefficient (Wildman–Crippen LogP) is 5.23. The molecular formula is C19H15ClN2O2S2. The molecular weight excluding hydrogens is 388 g/mol. The Bertz CT molecular complexity index is 1130. The standard InChI is InChI=1S/C19H15ClN2O2S2/c1-12-6-7-16(26-12)13-10-25-18-17(13)19(23)22(11-21-18)8-9-24-15-5-3-2-4-14(15)20/h2-7,10-11H,8-9H2,1H3. The van der Waals surface area contributed by atoms with Gasteiger partial charge in [-0.05, 0) is 31.2 Å². The fraction of sp³-hybridized carbons (Fsp3) is 0.158. The summed E-state index contributed by atoms with van der Waals surface area (Å²) in [6.45, 7) is 2.81. The van der Waals surface area contributed by atoms with E-state index in [1.165, 1.54) is 16.2 Å². The van der Waals surface area contributed by atoms with Gasteiger partial charge in [0.2, 0.25) is 0 Å². The molecule has 4 aromatic rings. The number of hydrogen-bond donors (Lipinski definition) is 0. The lowest BCUT2D eigenvalue weighted by Crippen LogP contribution is -2.23. The summed E-state index contributed by atoms with van der Waals surface area (Å²) < 4.78 is 7.29. The topological polar surface area (TPSA) is 44.1 Å². The van der Waals surface area contributed by atoms with E-state index in [-0.39, 0.29) is 5.56 Å². The maximum absolute atomic E-state index is 13.0. The van der Waals surface area contributed by atoms with Gasteiger partial charge in [-0.25, -0.2) is 4.98 Å². The van der Waals surface area contributed by atoms with E-state index in [9.17, 15) is 4.79 Å². The maximum atomic E-state index is 13.0. The number of fused-ring (bicyclic) bond motifs is 1. The Hall–Kier alpha value is -2.15. The van der Waals surface area contributed by atoms with Crippen LogP contribution in [0.25, 0.3) is 20.7 Å². The van der Waals surface area contributed by atoms with Crippen LogP contribution in [-0.2, 0) is 6.54 Å². The second-order valence-corrected chi connectivity index (χ2v) is 8.32. The molecule has 3 aromatic heterocycles. The minimum atomic E-state index is -0.0416. The summed E-state index contributed by atoms with van der Waals surface area (Å²) in [5.41, 5.74) is 0.919. The van der Waals surface area contributed by atoms with Crippen molar-refractivity contribution in [3.63, 3.8) is 0 Å². The summed E-state index contributed by atoms with van der Waals surface area (Å²) in [5.74, 6) is 0.613. The van der Waals surface area contributed by atoms with Crippen molar-refractivity contribution in [2.24, 2.45) is 0 Å². The zero-order valence-corrected chi connectivity index (χ0v) is 16.3. The lowest BCUT2D eigenvalue weighted by molar-refractivity contribution is 0.296. The summed E-state index contributed by atoms with van der Waals surface area (Å²) in [4.78, 5) is 20.5. The van der Waals surface area contributed by atoms with Crippen LogP contribution < -0.4 is 10.3 Å². The smallest absolute Gasteiger partial charge is 0.262 e. The van der Waals surface area contributed by atoms with Gasteiger partial charge < -0.3 is 4.74 Å². The van der Waals surface area contributed by atoms with Crippen LogP contribution in [0.3, 0.4) is 0 Å². The number of rotatable bonds is 5. The highest BCUT2D eigenvalue weighted by Crippen LogP contribution is 2.34. The van der Waals surface area contributed by atoms with Gasteiger partial charge in [0.25, 0.3) is 5.56 Å². The number of ether oxygens (including phenoxy) is 1. The molecule has 7 heteroatoms. The van der Waals surface area contributed by atoms with E-state index in [2.05, 4.69) is 24.0 Å². The monoisotopic (exact) mass is 402 g/mol. The first kappa shape index (κ1) is 17.3. The molecule has 4 nitrogen and oxygen atoms in total. The first-order valence-corrected chi connectivity index (χ1v) is 10.1. The van der Waals surface area contributed by atoms with Crippen molar-refractivity contribution >= 4 is 44.5 Å². The Kier molecular flexibility index (Phi) is 4.80. The van der Waals surface area contributed by atoms with Crippen molar-refractivity contribution in [3.8, 4) is 16.2 Å². The van der Waals surface area contributed by atoms with Crippen LogP contribution in [0.5, 0.6) is 5.75 Å². The highest BCUT2D eigenvalue weighted by Gasteiger charge is 2.14. The molecule has 26 heavy (non-hydrogen) atoms. The van der Waals surface area contributed by atoms with E-state index in [0.717, 1.165) is 15.3 Å². The van der Waals surface area contributed by atoms with Crippen LogP contribution >= 0.6 is 34.3 Å². The van der Waals surface area contributed by atoms with Gasteiger partial charge in [0.05, 0.1) is 23.3 Å². The molecule has 4 rings (SSSR count). The second-order valence-electron chi connectivity index (χ2n) is 5.76. The van der Waals surface area contributed by atoms with Crippen LogP contribution in [-0.4, -0.2) is 16.2 Å². The number of benzene rings is 1. The molecule has 0 radical (unpaired) electrons. The molecule has 0 aliphatic carbocycles. The van der Waals surface area contributed by atoms with Crippen LogP contribution in [0.1, 0.15) is 4.88 Å². The minimum Gasteiger partial charge on any atom is -0.490 e. The number of para-hydroxylation sites is 1. The normalized spacial score (nSPS) is 11.2. The van der Waals surface area contributed by atoms with E-state index in [0.29, 0.717) is 29.3 Å². The highest BCUT2D eigenvalue weighted by atomic mass is 35.5. The van der Waals surface area contributed by atoms with Crippen molar-refractivity contribution in [2.45, 2.75) is 13.5 Å². The Morgan fingerprint density at radius 3 is 2.85 bits per heavy atom. The Labute approximate surface area is 163 Å². The van der Waals surface area contributed by atoms with Crippen LogP contribution in [0, 0.1) is 6.92 Å². The van der Waals surface area contributed by atoms with E-state index in [4.69, 9.17) is 16.3 Å². The van der Waals surface area contributed by atoms with Gasteiger partial charge in [0.1, 0.15) is 17.2 Å². The molecule has 0 saturated carbocycles. The summed E-state index contributed by atoms with van der Waals surface area (Å²) in [6, 6.07) is 11.4. The lowest BCUT2D eigenvalue weighted by atomic mass is 10.2. The molecule has 0 saturated heterocycles. The van der Waals surface area contributed by atoms with Gasteiger partial charge in [-0.2, -0.15) is 0 Å².